The molecule has 3 heteroatoms. The van der Waals surface area contributed by atoms with Gasteiger partial charge in [-0.3, -0.25) is 4.79 Å². The minimum absolute atomic E-state index is 0.0763. The van der Waals surface area contributed by atoms with E-state index in [0.717, 1.165) is 11.3 Å². The van der Waals surface area contributed by atoms with Crippen molar-refractivity contribution >= 4 is 5.78 Å². The molecule has 0 bridgehead atoms. The molecule has 1 aromatic carbocycles. The molecular weight excluding hydrogens is 216 g/mol. The van der Waals surface area contributed by atoms with Gasteiger partial charge >= 0.3 is 0 Å². The third-order valence-electron chi connectivity index (χ3n) is 2.93. The fraction of sp³-hybridized carbons (Fsp3) is 0.500. The van der Waals surface area contributed by atoms with Crippen molar-refractivity contribution in [2.75, 3.05) is 7.11 Å². The summed E-state index contributed by atoms with van der Waals surface area (Å²) >= 11 is 0. The first-order chi connectivity index (χ1) is 7.93. The van der Waals surface area contributed by atoms with E-state index in [1.54, 1.807) is 7.11 Å². The highest BCUT2D eigenvalue weighted by molar-refractivity contribution is 5.90. The lowest BCUT2D eigenvalue weighted by Crippen LogP contribution is -2.25. The maximum absolute atomic E-state index is 12.0. The number of Topliss-reactive ketones (excluding diaryl/α,β-unsaturated/α-hetero) is 1. The number of hydrogen-bond acceptors (Lipinski definition) is 3. The zero-order valence-electron chi connectivity index (χ0n) is 10.7. The van der Waals surface area contributed by atoms with Crippen LogP contribution in [0.1, 0.15) is 32.4 Å². The van der Waals surface area contributed by atoms with Crippen LogP contribution in [0.15, 0.2) is 24.3 Å². The largest absolute Gasteiger partial charge is 0.497 e. The third kappa shape index (κ3) is 2.50. The van der Waals surface area contributed by atoms with E-state index >= 15 is 0 Å². The van der Waals surface area contributed by atoms with Gasteiger partial charge < -0.3 is 9.47 Å². The number of ether oxygens (including phenoxy) is 2. The van der Waals surface area contributed by atoms with E-state index in [1.165, 1.54) is 0 Å². The van der Waals surface area contributed by atoms with Crippen LogP contribution in [0.4, 0.5) is 0 Å². The van der Waals surface area contributed by atoms with E-state index in [1.807, 2.05) is 45.0 Å². The zero-order chi connectivity index (χ0) is 12.6. The van der Waals surface area contributed by atoms with Gasteiger partial charge in [-0.25, -0.2) is 0 Å². The molecule has 0 saturated carbocycles. The summed E-state index contributed by atoms with van der Waals surface area (Å²) in [6, 6.07) is 7.66. The van der Waals surface area contributed by atoms with Crippen LogP contribution in [-0.4, -0.2) is 19.0 Å². The summed E-state index contributed by atoms with van der Waals surface area (Å²) in [5.41, 5.74) is 0.694. The Morgan fingerprint density at radius 1 is 1.24 bits per heavy atom. The number of carbonyl (C=O) groups excluding carboxylic acids is 1. The lowest BCUT2D eigenvalue weighted by atomic mass is 9.87. The van der Waals surface area contributed by atoms with Gasteiger partial charge in [0.15, 0.2) is 5.78 Å². The number of epoxide rings is 1. The fourth-order valence-electron chi connectivity index (χ4n) is 1.79. The quantitative estimate of drug-likeness (QED) is 0.755. The standard InChI is InChI=1S/C14H18O3/c1-14(2,3)13(15)12-11(17-12)9-5-7-10(16-4)8-6-9/h5-8,11-12H,1-4H3/t11-,12+/m0/s1. The second kappa shape index (κ2) is 4.15. The Hall–Kier alpha value is -1.35. The summed E-state index contributed by atoms with van der Waals surface area (Å²) in [6.07, 6.45) is -0.351. The molecule has 0 spiro atoms. The van der Waals surface area contributed by atoms with Crippen molar-refractivity contribution in [1.82, 2.24) is 0 Å². The summed E-state index contributed by atoms with van der Waals surface area (Å²) in [5.74, 6) is 0.978. The Bertz CT molecular complexity index is 414. The van der Waals surface area contributed by atoms with Crippen molar-refractivity contribution in [1.29, 1.82) is 0 Å². The Labute approximate surface area is 102 Å². The molecule has 1 aromatic rings. The monoisotopic (exact) mass is 234 g/mol. The predicted molar refractivity (Wildman–Crippen MR) is 65.1 cm³/mol. The van der Waals surface area contributed by atoms with Gasteiger partial charge in [0.05, 0.1) is 7.11 Å². The lowest BCUT2D eigenvalue weighted by Gasteiger charge is -2.14. The summed E-state index contributed by atoms with van der Waals surface area (Å²) in [5, 5.41) is 0. The van der Waals surface area contributed by atoms with Gasteiger partial charge in [-0.2, -0.15) is 0 Å². The van der Waals surface area contributed by atoms with Gasteiger partial charge in [0, 0.05) is 5.41 Å². The molecule has 0 amide bonds. The molecule has 3 nitrogen and oxygen atoms in total. The van der Waals surface area contributed by atoms with Crippen LogP contribution in [0.3, 0.4) is 0 Å². The van der Waals surface area contributed by atoms with Gasteiger partial charge in [0.2, 0.25) is 0 Å². The van der Waals surface area contributed by atoms with E-state index in [-0.39, 0.29) is 23.4 Å². The molecule has 0 radical (unpaired) electrons. The topological polar surface area (TPSA) is 38.8 Å². The number of rotatable bonds is 3. The highest BCUT2D eigenvalue weighted by atomic mass is 16.6. The van der Waals surface area contributed by atoms with E-state index in [2.05, 4.69) is 0 Å². The van der Waals surface area contributed by atoms with E-state index in [4.69, 9.17) is 9.47 Å². The fourth-order valence-corrected chi connectivity index (χ4v) is 1.79. The molecule has 1 heterocycles. The first kappa shape index (κ1) is 12.1. The van der Waals surface area contributed by atoms with E-state index < -0.39 is 0 Å². The average Bonchev–Trinajstić information content (AvgIpc) is 3.07. The molecule has 0 aliphatic carbocycles. The van der Waals surface area contributed by atoms with Crippen molar-refractivity contribution in [3.63, 3.8) is 0 Å². The molecule has 2 rings (SSSR count). The lowest BCUT2D eigenvalue weighted by molar-refractivity contribution is -0.127. The van der Waals surface area contributed by atoms with Crippen molar-refractivity contribution in [2.24, 2.45) is 5.41 Å². The first-order valence-corrected chi connectivity index (χ1v) is 5.77. The zero-order valence-corrected chi connectivity index (χ0v) is 10.7. The van der Waals surface area contributed by atoms with E-state index in [0.29, 0.717) is 0 Å². The Balaban J connectivity index is 2.05. The van der Waals surface area contributed by atoms with Crippen molar-refractivity contribution in [2.45, 2.75) is 33.0 Å². The Morgan fingerprint density at radius 2 is 1.82 bits per heavy atom. The molecule has 0 N–H and O–H groups in total. The molecular formula is C14H18O3. The highest BCUT2D eigenvalue weighted by Gasteiger charge is 2.49. The maximum Gasteiger partial charge on any atom is 0.169 e. The van der Waals surface area contributed by atoms with Gasteiger partial charge in [-0.15, -0.1) is 0 Å². The summed E-state index contributed by atoms with van der Waals surface area (Å²) in [7, 11) is 1.63. The van der Waals surface area contributed by atoms with Crippen LogP contribution in [0.2, 0.25) is 0 Å². The molecule has 1 aliphatic rings. The van der Waals surface area contributed by atoms with Crippen molar-refractivity contribution in [3.05, 3.63) is 29.8 Å². The molecule has 2 atom stereocenters. The minimum Gasteiger partial charge on any atom is -0.497 e. The van der Waals surface area contributed by atoms with Crippen LogP contribution in [0.5, 0.6) is 5.75 Å². The third-order valence-corrected chi connectivity index (χ3v) is 2.93. The van der Waals surface area contributed by atoms with Crippen LogP contribution in [-0.2, 0) is 9.53 Å². The van der Waals surface area contributed by atoms with E-state index in [9.17, 15) is 4.79 Å². The first-order valence-electron chi connectivity index (χ1n) is 5.77. The number of benzene rings is 1. The van der Waals surface area contributed by atoms with Gasteiger partial charge in [0.1, 0.15) is 18.0 Å². The maximum atomic E-state index is 12.0. The van der Waals surface area contributed by atoms with Crippen LogP contribution >= 0.6 is 0 Å². The Morgan fingerprint density at radius 3 is 2.29 bits per heavy atom. The van der Waals surface area contributed by atoms with Crippen LogP contribution in [0.25, 0.3) is 0 Å². The molecule has 1 fully saturated rings. The number of ketones is 1. The van der Waals surface area contributed by atoms with Crippen molar-refractivity contribution < 1.29 is 14.3 Å². The van der Waals surface area contributed by atoms with Gasteiger partial charge in [0.25, 0.3) is 0 Å². The van der Waals surface area contributed by atoms with Crippen molar-refractivity contribution in [3.8, 4) is 5.75 Å². The second-order valence-corrected chi connectivity index (χ2v) is 5.36. The predicted octanol–water partition coefficient (Wildman–Crippen LogP) is 2.75. The number of methoxy groups -OCH3 is 1. The van der Waals surface area contributed by atoms with Gasteiger partial charge in [-0.1, -0.05) is 32.9 Å². The van der Waals surface area contributed by atoms with Crippen LogP contribution in [0, 0.1) is 5.41 Å². The molecule has 17 heavy (non-hydrogen) atoms. The molecule has 1 saturated heterocycles. The normalized spacial score (nSPS) is 23.3. The molecule has 0 unspecified atom stereocenters. The second-order valence-electron chi connectivity index (χ2n) is 5.36. The minimum atomic E-state index is -0.341. The van der Waals surface area contributed by atoms with Crippen LogP contribution < -0.4 is 4.74 Å². The summed E-state index contributed by atoms with van der Waals surface area (Å²) in [6.45, 7) is 5.76. The smallest absolute Gasteiger partial charge is 0.169 e. The SMILES string of the molecule is COc1ccc([C@@H]2O[C@H]2C(=O)C(C)(C)C)cc1. The summed E-state index contributed by atoms with van der Waals surface area (Å²) in [4.78, 5) is 12.0. The summed E-state index contributed by atoms with van der Waals surface area (Å²) < 4.78 is 10.6. The highest BCUT2D eigenvalue weighted by Crippen LogP contribution is 2.42. The molecule has 1 aliphatic heterocycles. The Kier molecular flexibility index (Phi) is 2.96. The van der Waals surface area contributed by atoms with Gasteiger partial charge in [-0.05, 0) is 17.7 Å². The average molecular weight is 234 g/mol. The molecule has 0 aromatic heterocycles. The molecule has 92 valence electrons. The number of hydrogen-bond donors (Lipinski definition) is 0. The number of carbonyl (C=O) groups is 1.